The second kappa shape index (κ2) is 12.5. The Bertz CT molecular complexity index is 1610. The summed E-state index contributed by atoms with van der Waals surface area (Å²) in [6.07, 6.45) is -4.69. The van der Waals surface area contributed by atoms with Gasteiger partial charge in [-0.15, -0.1) is 0 Å². The van der Waals surface area contributed by atoms with E-state index in [1.807, 2.05) is 19.2 Å². The molecule has 2 aliphatic heterocycles. The molecular weight excluding hydrogens is 631 g/mol. The number of carboxylic acid groups (broad SMARTS) is 2. The number of nitrogens with zero attached hydrogens (tertiary/aromatic N) is 1. The predicted molar refractivity (Wildman–Crippen MR) is 153 cm³/mol. The van der Waals surface area contributed by atoms with E-state index in [1.165, 1.54) is 0 Å². The number of ether oxygens (including phenoxy) is 4. The summed E-state index contributed by atoms with van der Waals surface area (Å²) in [5, 5.41) is 28.9. The van der Waals surface area contributed by atoms with Gasteiger partial charge in [-0.25, -0.2) is 9.59 Å². The first-order valence-electron chi connectivity index (χ1n) is 14.6. The van der Waals surface area contributed by atoms with Crippen LogP contribution in [0.3, 0.4) is 0 Å². The quantitative estimate of drug-likeness (QED) is 0.353. The summed E-state index contributed by atoms with van der Waals surface area (Å²) in [6.45, 7) is 0.738. The van der Waals surface area contributed by atoms with Crippen molar-refractivity contribution >= 4 is 23.9 Å². The highest BCUT2D eigenvalue weighted by molar-refractivity contribution is 5.82. The van der Waals surface area contributed by atoms with Crippen molar-refractivity contribution in [1.29, 1.82) is 0 Å². The number of alkyl halides is 3. The second-order valence-electron chi connectivity index (χ2n) is 11.7. The molecule has 0 saturated carbocycles. The van der Waals surface area contributed by atoms with Gasteiger partial charge in [-0.2, -0.15) is 13.2 Å². The summed E-state index contributed by atoms with van der Waals surface area (Å²) in [5.41, 5.74) is 0.394. The zero-order chi connectivity index (χ0) is 34.3. The van der Waals surface area contributed by atoms with Gasteiger partial charge in [0.2, 0.25) is 6.10 Å². The van der Waals surface area contributed by atoms with Crippen LogP contribution >= 0.6 is 0 Å². The zero-order valence-electron chi connectivity index (χ0n) is 25.3. The van der Waals surface area contributed by atoms with E-state index < -0.39 is 53.3 Å². The number of benzene rings is 2. The lowest BCUT2D eigenvalue weighted by Crippen LogP contribution is -2.74. The van der Waals surface area contributed by atoms with Crippen LogP contribution in [0.25, 0.3) is 0 Å². The van der Waals surface area contributed by atoms with Gasteiger partial charge in [0.15, 0.2) is 17.6 Å². The van der Waals surface area contributed by atoms with Gasteiger partial charge in [-0.3, -0.25) is 9.59 Å². The Kier molecular flexibility index (Phi) is 8.99. The summed E-state index contributed by atoms with van der Waals surface area (Å²) in [5.74, 6) is -4.15. The summed E-state index contributed by atoms with van der Waals surface area (Å²) in [4.78, 5) is 48.1. The first-order chi connectivity index (χ1) is 22.1. The first kappa shape index (κ1) is 33.7. The van der Waals surface area contributed by atoms with Gasteiger partial charge in [0.05, 0.1) is 31.0 Å². The standard InChI is InChI=1S/C30H31NO9.C2HF3O2/c1-31-15-14-29-24-18-8-9-19(37-2)26(24)40-27(29)20(12-13-30(29,36)21(31)16-18)38-22(32)10-11-23(33)39-25(28(34)35)17-6-4-3-5-7-17;3-2(4,5)1(6)7/h3-9,12,21,25,27,36H,10-11,13-16H2,1-2H3,(H,34,35);(H,6,7)/t21-,25?,27+,29+,30-;/m1./s1. The Morgan fingerprint density at radius 1 is 1.06 bits per heavy atom. The molecular formula is C32H32F3NO11. The molecule has 2 heterocycles. The van der Waals surface area contributed by atoms with Crippen LogP contribution in [-0.4, -0.2) is 88.7 Å². The number of likely N-dealkylation sites (N-methyl/N-ethyl adjacent to an activating group) is 1. The van der Waals surface area contributed by atoms with Gasteiger partial charge in [-0.1, -0.05) is 36.4 Å². The van der Waals surface area contributed by atoms with Crippen molar-refractivity contribution < 1.29 is 66.6 Å². The fraction of sp³-hybridized carbons (Fsp3) is 0.438. The van der Waals surface area contributed by atoms with Crippen molar-refractivity contribution in [2.75, 3.05) is 20.7 Å². The van der Waals surface area contributed by atoms with Gasteiger partial charge < -0.3 is 39.2 Å². The third-order valence-electron chi connectivity index (χ3n) is 9.14. The minimum Gasteiger partial charge on any atom is -0.493 e. The number of likely N-dealkylation sites (tertiary alicyclic amines) is 1. The van der Waals surface area contributed by atoms with Crippen LogP contribution in [-0.2, 0) is 40.5 Å². The first-order valence-corrected chi connectivity index (χ1v) is 14.6. The molecule has 3 N–H and O–H groups in total. The third kappa shape index (κ3) is 5.89. The molecule has 2 aromatic carbocycles. The maximum atomic E-state index is 12.9. The van der Waals surface area contributed by atoms with Crippen LogP contribution in [0.1, 0.15) is 48.5 Å². The van der Waals surface area contributed by atoms with Crippen molar-refractivity contribution in [2.45, 2.75) is 67.5 Å². The SMILES string of the molecule is COc1ccc2c3c1O[C@H]1C(OC(=O)CCC(=O)OC(C(=O)O)c4ccccc4)=CC[C@@]4(O)[C@@H](C2)N(C)CC[C@]314.O=C(O)C(F)(F)F. The number of piperidine rings is 1. The van der Waals surface area contributed by atoms with E-state index in [-0.39, 0.29) is 25.3 Å². The fourth-order valence-electron chi connectivity index (χ4n) is 7.05. The van der Waals surface area contributed by atoms with Crippen LogP contribution < -0.4 is 9.47 Å². The molecule has 15 heteroatoms. The Morgan fingerprint density at radius 3 is 2.34 bits per heavy atom. The van der Waals surface area contributed by atoms with Crippen LogP contribution in [0.15, 0.2) is 54.3 Å². The summed E-state index contributed by atoms with van der Waals surface area (Å²) in [6, 6.07) is 11.9. The number of carbonyl (C=O) groups excluding carboxylic acids is 2. The lowest BCUT2D eigenvalue weighted by atomic mass is 9.50. The fourth-order valence-corrected chi connectivity index (χ4v) is 7.05. The van der Waals surface area contributed by atoms with E-state index in [4.69, 9.17) is 28.8 Å². The molecule has 5 atom stereocenters. The minimum absolute atomic E-state index is 0.130. The number of hydrogen-bond acceptors (Lipinski definition) is 10. The normalized spacial score (nSPS) is 25.9. The van der Waals surface area contributed by atoms with E-state index in [0.717, 1.165) is 17.7 Å². The zero-order valence-corrected chi connectivity index (χ0v) is 25.3. The summed E-state index contributed by atoms with van der Waals surface area (Å²) in [7, 11) is 3.58. The maximum Gasteiger partial charge on any atom is 0.490 e. The number of aliphatic carboxylic acids is 2. The number of carboxylic acids is 2. The van der Waals surface area contributed by atoms with Gasteiger partial charge >= 0.3 is 30.1 Å². The molecule has 2 aliphatic carbocycles. The van der Waals surface area contributed by atoms with Crippen molar-refractivity contribution in [3.05, 3.63) is 71.0 Å². The largest absolute Gasteiger partial charge is 0.493 e. The Hall–Kier alpha value is -4.63. The molecule has 0 radical (unpaired) electrons. The number of carbonyl (C=O) groups is 4. The van der Waals surface area contributed by atoms with Crippen molar-refractivity contribution in [2.24, 2.45) is 0 Å². The van der Waals surface area contributed by atoms with Crippen molar-refractivity contribution in [1.82, 2.24) is 4.90 Å². The topological polar surface area (TPSA) is 169 Å². The number of rotatable bonds is 8. The number of methoxy groups -OCH3 is 1. The number of hydrogen-bond donors (Lipinski definition) is 3. The molecule has 1 unspecified atom stereocenters. The Balaban J connectivity index is 0.000000559. The minimum atomic E-state index is -5.08. The van der Waals surface area contributed by atoms with E-state index in [1.54, 1.807) is 43.5 Å². The van der Waals surface area contributed by atoms with Gasteiger partial charge in [0, 0.05) is 23.6 Å². The third-order valence-corrected chi connectivity index (χ3v) is 9.14. The second-order valence-corrected chi connectivity index (χ2v) is 11.7. The maximum absolute atomic E-state index is 12.9. The molecule has 1 spiro atoms. The molecule has 12 nitrogen and oxygen atoms in total. The molecule has 1 fully saturated rings. The van der Waals surface area contributed by atoms with E-state index in [0.29, 0.717) is 35.7 Å². The van der Waals surface area contributed by atoms with Crippen LogP contribution in [0.4, 0.5) is 13.2 Å². The van der Waals surface area contributed by atoms with E-state index >= 15 is 0 Å². The molecule has 0 aromatic heterocycles. The van der Waals surface area contributed by atoms with Crippen molar-refractivity contribution in [3.8, 4) is 11.5 Å². The number of halogens is 3. The number of esters is 2. The van der Waals surface area contributed by atoms with Gasteiger partial charge in [0.25, 0.3) is 0 Å². The number of aliphatic hydroxyl groups is 1. The average molecular weight is 664 g/mol. The smallest absolute Gasteiger partial charge is 0.490 e. The van der Waals surface area contributed by atoms with Crippen LogP contribution in [0.2, 0.25) is 0 Å². The highest BCUT2D eigenvalue weighted by Gasteiger charge is 2.72. The highest BCUT2D eigenvalue weighted by atomic mass is 19.4. The van der Waals surface area contributed by atoms with Crippen LogP contribution in [0.5, 0.6) is 11.5 Å². The molecule has 4 aliphatic rings. The summed E-state index contributed by atoms with van der Waals surface area (Å²) < 4.78 is 54.7. The molecule has 47 heavy (non-hydrogen) atoms. The summed E-state index contributed by atoms with van der Waals surface area (Å²) >= 11 is 0. The predicted octanol–water partition coefficient (Wildman–Crippen LogP) is 3.30. The lowest BCUT2D eigenvalue weighted by Gasteiger charge is -2.61. The Morgan fingerprint density at radius 2 is 1.72 bits per heavy atom. The molecule has 2 bridgehead atoms. The molecule has 1 saturated heterocycles. The van der Waals surface area contributed by atoms with E-state index in [2.05, 4.69) is 4.90 Å². The van der Waals surface area contributed by atoms with Gasteiger partial charge in [-0.05, 0) is 44.1 Å². The average Bonchev–Trinajstić information content (AvgIpc) is 3.38. The van der Waals surface area contributed by atoms with Crippen molar-refractivity contribution in [3.63, 3.8) is 0 Å². The van der Waals surface area contributed by atoms with Gasteiger partial charge in [0.1, 0.15) is 5.76 Å². The van der Waals surface area contributed by atoms with Crippen LogP contribution in [0, 0.1) is 0 Å². The monoisotopic (exact) mass is 663 g/mol. The Labute approximate surface area is 266 Å². The molecule has 2 aromatic rings. The van der Waals surface area contributed by atoms with E-state index in [9.17, 15) is 37.8 Å². The molecule has 6 rings (SSSR count). The highest BCUT2D eigenvalue weighted by Crippen LogP contribution is 2.65. The molecule has 0 amide bonds. The lowest BCUT2D eigenvalue weighted by molar-refractivity contribution is -0.192. The molecule has 252 valence electrons.